The van der Waals surface area contributed by atoms with Crippen molar-refractivity contribution in [1.29, 1.82) is 0 Å². The van der Waals surface area contributed by atoms with Crippen molar-refractivity contribution in [2.45, 2.75) is 19.1 Å². The third-order valence-electron chi connectivity index (χ3n) is 3.86. The van der Waals surface area contributed by atoms with Gasteiger partial charge in [0.15, 0.2) is 17.6 Å². The van der Waals surface area contributed by atoms with Gasteiger partial charge in [-0.05, 0) is 31.2 Å². The zero-order chi connectivity index (χ0) is 16.9. The van der Waals surface area contributed by atoms with Crippen molar-refractivity contribution in [3.8, 4) is 11.5 Å². The standard InChI is InChI=1S/C18H21N3O3/c1-13(15-7-5-6-10-19-15)20-18(22)21(2)11-14-12-23-16-8-3-4-9-17(16)24-14/h3-10,13-14H,11-12H2,1-2H3,(H,20,22)/t13-,14+/m1/s1. The molecule has 1 aromatic carbocycles. The van der Waals surface area contributed by atoms with E-state index in [-0.39, 0.29) is 18.2 Å². The van der Waals surface area contributed by atoms with Crippen LogP contribution in [0, 0.1) is 0 Å². The van der Waals surface area contributed by atoms with Gasteiger partial charge in [0, 0.05) is 13.2 Å². The number of aromatic nitrogens is 1. The summed E-state index contributed by atoms with van der Waals surface area (Å²) < 4.78 is 11.6. The molecular formula is C18H21N3O3. The number of nitrogens with one attached hydrogen (secondary N) is 1. The van der Waals surface area contributed by atoms with E-state index in [1.165, 1.54) is 0 Å². The summed E-state index contributed by atoms with van der Waals surface area (Å²) >= 11 is 0. The van der Waals surface area contributed by atoms with Crippen molar-refractivity contribution in [2.24, 2.45) is 0 Å². The predicted molar refractivity (Wildman–Crippen MR) is 90.2 cm³/mol. The number of likely N-dealkylation sites (N-methyl/N-ethyl adjacent to an activating group) is 1. The molecule has 1 aromatic heterocycles. The van der Waals surface area contributed by atoms with Crippen LogP contribution in [0.5, 0.6) is 11.5 Å². The summed E-state index contributed by atoms with van der Waals surface area (Å²) in [6.07, 6.45) is 1.52. The molecule has 2 aromatic rings. The lowest BCUT2D eigenvalue weighted by molar-refractivity contribution is 0.0713. The molecule has 3 rings (SSSR count). The number of hydrogen-bond donors (Lipinski definition) is 1. The molecule has 0 radical (unpaired) electrons. The Kier molecular flexibility index (Phi) is 4.84. The van der Waals surface area contributed by atoms with Crippen LogP contribution in [0.4, 0.5) is 4.79 Å². The molecule has 2 amide bonds. The minimum Gasteiger partial charge on any atom is -0.486 e. The Bertz CT molecular complexity index is 693. The third kappa shape index (κ3) is 3.76. The highest BCUT2D eigenvalue weighted by atomic mass is 16.6. The minimum absolute atomic E-state index is 0.162. The maximum Gasteiger partial charge on any atom is 0.317 e. The Morgan fingerprint density at radius 2 is 2.04 bits per heavy atom. The fraction of sp³-hybridized carbons (Fsp3) is 0.333. The first kappa shape index (κ1) is 16.1. The quantitative estimate of drug-likeness (QED) is 0.937. The Morgan fingerprint density at radius 3 is 2.79 bits per heavy atom. The first-order valence-corrected chi connectivity index (χ1v) is 7.94. The Hall–Kier alpha value is -2.76. The van der Waals surface area contributed by atoms with Crippen molar-refractivity contribution in [3.63, 3.8) is 0 Å². The molecule has 126 valence electrons. The van der Waals surface area contributed by atoms with Crippen molar-refractivity contribution in [1.82, 2.24) is 15.2 Å². The largest absolute Gasteiger partial charge is 0.486 e. The molecule has 2 atom stereocenters. The molecular weight excluding hydrogens is 306 g/mol. The van der Waals surface area contributed by atoms with E-state index in [0.717, 1.165) is 11.4 Å². The number of benzene rings is 1. The number of para-hydroxylation sites is 2. The average molecular weight is 327 g/mol. The van der Waals surface area contributed by atoms with Gasteiger partial charge in [0.2, 0.25) is 0 Å². The number of carbonyl (C=O) groups is 1. The molecule has 0 spiro atoms. The summed E-state index contributed by atoms with van der Waals surface area (Å²) in [5, 5.41) is 2.93. The van der Waals surface area contributed by atoms with Gasteiger partial charge in [-0.2, -0.15) is 0 Å². The van der Waals surface area contributed by atoms with Gasteiger partial charge in [0.05, 0.1) is 18.3 Å². The number of pyridine rings is 1. The summed E-state index contributed by atoms with van der Waals surface area (Å²) in [7, 11) is 1.74. The molecule has 1 aliphatic heterocycles. The van der Waals surface area contributed by atoms with Gasteiger partial charge in [-0.15, -0.1) is 0 Å². The summed E-state index contributed by atoms with van der Waals surface area (Å²) in [4.78, 5) is 18.2. The molecule has 0 bridgehead atoms. The molecule has 2 heterocycles. The van der Waals surface area contributed by atoms with Crippen LogP contribution in [0.1, 0.15) is 18.7 Å². The lowest BCUT2D eigenvalue weighted by Gasteiger charge is -2.30. The number of nitrogens with zero attached hydrogens (tertiary/aromatic N) is 2. The van der Waals surface area contributed by atoms with Crippen LogP contribution in [0.2, 0.25) is 0 Å². The zero-order valence-electron chi connectivity index (χ0n) is 13.8. The fourth-order valence-corrected chi connectivity index (χ4v) is 2.54. The molecule has 24 heavy (non-hydrogen) atoms. The van der Waals surface area contributed by atoms with Crippen molar-refractivity contribution in [2.75, 3.05) is 20.2 Å². The lowest BCUT2D eigenvalue weighted by Crippen LogP contribution is -2.46. The van der Waals surface area contributed by atoms with E-state index in [0.29, 0.717) is 18.9 Å². The molecule has 0 saturated heterocycles. The molecule has 0 aliphatic carbocycles. The topological polar surface area (TPSA) is 63.7 Å². The van der Waals surface area contributed by atoms with Crippen molar-refractivity contribution < 1.29 is 14.3 Å². The average Bonchev–Trinajstić information content (AvgIpc) is 2.62. The number of fused-ring (bicyclic) bond motifs is 1. The van der Waals surface area contributed by atoms with Crippen LogP contribution in [-0.2, 0) is 0 Å². The lowest BCUT2D eigenvalue weighted by atomic mass is 10.2. The zero-order valence-corrected chi connectivity index (χ0v) is 13.8. The SMILES string of the molecule is C[C@@H](NC(=O)N(C)C[C@H]1COc2ccccc2O1)c1ccccn1. The summed E-state index contributed by atoms with van der Waals surface area (Å²) in [6, 6.07) is 12.8. The predicted octanol–water partition coefficient (Wildman–Crippen LogP) is 2.62. The first-order chi connectivity index (χ1) is 11.6. The second-order valence-electron chi connectivity index (χ2n) is 5.80. The Labute approximate surface area is 141 Å². The van der Waals surface area contributed by atoms with Gasteiger partial charge >= 0.3 is 6.03 Å². The van der Waals surface area contributed by atoms with Crippen molar-refractivity contribution >= 4 is 6.03 Å². The van der Waals surface area contributed by atoms with E-state index in [4.69, 9.17) is 9.47 Å². The maximum atomic E-state index is 12.3. The van der Waals surface area contributed by atoms with Gasteiger partial charge in [0.25, 0.3) is 0 Å². The van der Waals surface area contributed by atoms with Crippen molar-refractivity contribution in [3.05, 3.63) is 54.4 Å². The van der Waals surface area contributed by atoms with Crippen LogP contribution in [0.3, 0.4) is 0 Å². The summed E-state index contributed by atoms with van der Waals surface area (Å²) in [6.45, 7) is 2.77. The monoisotopic (exact) mass is 327 g/mol. The van der Waals surface area contributed by atoms with Crippen LogP contribution in [-0.4, -0.2) is 42.2 Å². The maximum absolute atomic E-state index is 12.3. The van der Waals surface area contributed by atoms with Gasteiger partial charge in [-0.3, -0.25) is 4.98 Å². The Morgan fingerprint density at radius 1 is 1.29 bits per heavy atom. The van der Waals surface area contributed by atoms with Gasteiger partial charge in [-0.25, -0.2) is 4.79 Å². The number of rotatable bonds is 4. The molecule has 1 N–H and O–H groups in total. The highest BCUT2D eigenvalue weighted by Crippen LogP contribution is 2.30. The Balaban J connectivity index is 1.53. The van der Waals surface area contributed by atoms with E-state index in [2.05, 4.69) is 10.3 Å². The summed E-state index contributed by atoms with van der Waals surface area (Å²) in [5.74, 6) is 1.45. The minimum atomic E-state index is -0.194. The smallest absolute Gasteiger partial charge is 0.317 e. The molecule has 6 nitrogen and oxygen atoms in total. The van der Waals surface area contributed by atoms with E-state index in [9.17, 15) is 4.79 Å². The number of hydrogen-bond acceptors (Lipinski definition) is 4. The first-order valence-electron chi connectivity index (χ1n) is 7.94. The molecule has 0 unspecified atom stereocenters. The van der Waals surface area contributed by atoms with Gasteiger partial charge in [-0.1, -0.05) is 18.2 Å². The van der Waals surface area contributed by atoms with Crippen LogP contribution in [0.15, 0.2) is 48.7 Å². The van der Waals surface area contributed by atoms with Gasteiger partial charge in [0.1, 0.15) is 6.61 Å². The van der Waals surface area contributed by atoms with Gasteiger partial charge < -0.3 is 19.7 Å². The third-order valence-corrected chi connectivity index (χ3v) is 3.86. The second kappa shape index (κ2) is 7.21. The molecule has 0 fully saturated rings. The highest BCUT2D eigenvalue weighted by molar-refractivity contribution is 5.74. The number of amides is 2. The molecule has 1 aliphatic rings. The van der Waals surface area contributed by atoms with Crippen LogP contribution >= 0.6 is 0 Å². The van der Waals surface area contributed by atoms with Crippen LogP contribution in [0.25, 0.3) is 0 Å². The normalized spacial score (nSPS) is 17.0. The number of urea groups is 1. The van der Waals surface area contributed by atoms with E-state index < -0.39 is 0 Å². The van der Waals surface area contributed by atoms with Crippen LogP contribution < -0.4 is 14.8 Å². The van der Waals surface area contributed by atoms with E-state index in [1.807, 2.05) is 49.4 Å². The summed E-state index contributed by atoms with van der Waals surface area (Å²) in [5.41, 5.74) is 0.824. The van der Waals surface area contributed by atoms with E-state index >= 15 is 0 Å². The number of carbonyl (C=O) groups excluding carboxylic acids is 1. The second-order valence-corrected chi connectivity index (χ2v) is 5.80. The molecule has 6 heteroatoms. The van der Waals surface area contributed by atoms with E-state index in [1.54, 1.807) is 18.1 Å². The number of ether oxygens (including phenoxy) is 2. The highest BCUT2D eigenvalue weighted by Gasteiger charge is 2.24. The fourth-order valence-electron chi connectivity index (χ4n) is 2.54. The molecule has 0 saturated carbocycles.